The van der Waals surface area contributed by atoms with Crippen molar-refractivity contribution in [2.45, 2.75) is 26.8 Å². The van der Waals surface area contributed by atoms with Gasteiger partial charge in [0.2, 0.25) is 0 Å². The highest BCUT2D eigenvalue weighted by Gasteiger charge is 2.18. The maximum atomic E-state index is 12.3. The van der Waals surface area contributed by atoms with Crippen molar-refractivity contribution in [2.24, 2.45) is 0 Å². The number of fused-ring (bicyclic) bond motifs is 1. The molecule has 0 spiro atoms. The molecule has 2 N–H and O–H groups in total. The maximum Gasteiger partial charge on any atom is 0.343 e. The first kappa shape index (κ1) is 22.2. The van der Waals surface area contributed by atoms with Crippen LogP contribution in [0.25, 0.3) is 28.2 Å². The normalized spacial score (nSPS) is 11.0. The number of aryl methyl sites for hydroxylation is 1. The molecule has 3 heterocycles. The van der Waals surface area contributed by atoms with Crippen LogP contribution in [0.3, 0.4) is 0 Å². The van der Waals surface area contributed by atoms with E-state index in [0.29, 0.717) is 30.2 Å². The summed E-state index contributed by atoms with van der Waals surface area (Å²) in [5.74, 6) is 0.960. The third-order valence-electron chi connectivity index (χ3n) is 5.65. The first-order valence-electron chi connectivity index (χ1n) is 11.4. The average molecular weight is 469 g/mol. The number of hydrogen-bond acceptors (Lipinski definition) is 8. The molecule has 10 heteroatoms. The standard InChI is InChI=1S/C25H24N8O2/c1-3-18-13-22(33-24(28-18)21(15-27-33)25(34)35-4-2)26-14-16-9-11-17(12-10-16)19-7-5-6-8-20(19)23-29-31-32-30-23/h5-13,15,26H,3-4,14H2,1-2H3,(H,29,30,31,32). The Morgan fingerprint density at radius 3 is 2.60 bits per heavy atom. The Morgan fingerprint density at radius 1 is 1.09 bits per heavy atom. The SMILES string of the molecule is CCOC(=O)c1cnn2c(NCc3ccc(-c4ccccc4-c4nnn[nH]4)cc3)cc(CC)nc12. The predicted molar refractivity (Wildman–Crippen MR) is 131 cm³/mol. The van der Waals surface area contributed by atoms with Crippen molar-refractivity contribution in [1.82, 2.24) is 35.2 Å². The van der Waals surface area contributed by atoms with Crippen LogP contribution in [0.1, 0.15) is 35.5 Å². The minimum Gasteiger partial charge on any atom is -0.462 e. The van der Waals surface area contributed by atoms with Gasteiger partial charge in [-0.25, -0.2) is 14.9 Å². The number of rotatable bonds is 8. The number of carbonyl (C=O) groups excluding carboxylic acids is 1. The summed E-state index contributed by atoms with van der Waals surface area (Å²) in [7, 11) is 0. The Balaban J connectivity index is 1.38. The fraction of sp³-hybridized carbons (Fsp3) is 0.200. The molecule has 5 rings (SSSR count). The zero-order valence-corrected chi connectivity index (χ0v) is 19.4. The highest BCUT2D eigenvalue weighted by molar-refractivity contribution is 5.95. The van der Waals surface area contributed by atoms with Crippen LogP contribution in [-0.2, 0) is 17.7 Å². The first-order valence-corrected chi connectivity index (χ1v) is 11.4. The van der Waals surface area contributed by atoms with Gasteiger partial charge in [0.05, 0.1) is 12.8 Å². The second-order valence-electron chi connectivity index (χ2n) is 7.85. The number of hydrogen-bond donors (Lipinski definition) is 2. The number of aromatic nitrogens is 7. The van der Waals surface area contributed by atoms with Crippen LogP contribution in [0, 0.1) is 0 Å². The van der Waals surface area contributed by atoms with Crippen molar-refractivity contribution in [2.75, 3.05) is 11.9 Å². The molecule has 3 aromatic heterocycles. The van der Waals surface area contributed by atoms with Gasteiger partial charge in [-0.3, -0.25) is 0 Å². The molecule has 0 aliphatic carbocycles. The van der Waals surface area contributed by atoms with E-state index in [2.05, 4.69) is 60.3 Å². The van der Waals surface area contributed by atoms with Crippen molar-refractivity contribution in [1.29, 1.82) is 0 Å². The number of anilines is 1. The molecule has 0 radical (unpaired) electrons. The Kier molecular flexibility index (Phi) is 6.16. The van der Waals surface area contributed by atoms with E-state index in [1.165, 1.54) is 6.20 Å². The van der Waals surface area contributed by atoms with Crippen LogP contribution in [0.4, 0.5) is 5.82 Å². The summed E-state index contributed by atoms with van der Waals surface area (Å²) in [4.78, 5) is 16.9. The van der Waals surface area contributed by atoms with Crippen LogP contribution < -0.4 is 5.32 Å². The average Bonchev–Trinajstić information content (AvgIpc) is 3.58. The zero-order valence-electron chi connectivity index (χ0n) is 19.4. The molecule has 0 saturated heterocycles. The molecule has 0 saturated carbocycles. The molecular formula is C25H24N8O2. The molecule has 0 aliphatic heterocycles. The van der Waals surface area contributed by atoms with Gasteiger partial charge in [0, 0.05) is 23.9 Å². The van der Waals surface area contributed by atoms with Gasteiger partial charge in [-0.15, -0.1) is 5.10 Å². The van der Waals surface area contributed by atoms with Gasteiger partial charge in [0.25, 0.3) is 0 Å². The number of aromatic amines is 1. The summed E-state index contributed by atoms with van der Waals surface area (Å²) in [6.07, 6.45) is 2.23. The van der Waals surface area contributed by atoms with Crippen LogP contribution in [-0.4, -0.2) is 47.8 Å². The lowest BCUT2D eigenvalue weighted by Gasteiger charge is -2.12. The van der Waals surface area contributed by atoms with Gasteiger partial charge >= 0.3 is 5.97 Å². The topological polar surface area (TPSA) is 123 Å². The molecule has 0 aliphatic rings. The molecule has 176 valence electrons. The van der Waals surface area contributed by atoms with E-state index in [1.54, 1.807) is 11.4 Å². The largest absolute Gasteiger partial charge is 0.462 e. The Hall–Kier alpha value is -4.60. The van der Waals surface area contributed by atoms with Crippen molar-refractivity contribution in [3.05, 3.63) is 77.6 Å². The lowest BCUT2D eigenvalue weighted by atomic mass is 9.98. The molecule has 0 unspecified atom stereocenters. The summed E-state index contributed by atoms with van der Waals surface area (Å²) in [6.45, 7) is 4.67. The maximum absolute atomic E-state index is 12.3. The molecule has 0 bridgehead atoms. The van der Waals surface area contributed by atoms with Crippen LogP contribution in [0.15, 0.2) is 60.8 Å². The number of carbonyl (C=O) groups is 1. The molecule has 0 atom stereocenters. The van der Waals surface area contributed by atoms with Gasteiger partial charge in [-0.2, -0.15) is 9.61 Å². The van der Waals surface area contributed by atoms with Crippen molar-refractivity contribution < 1.29 is 9.53 Å². The van der Waals surface area contributed by atoms with Gasteiger partial charge in [-0.05, 0) is 40.5 Å². The molecule has 35 heavy (non-hydrogen) atoms. The van der Waals surface area contributed by atoms with E-state index in [-0.39, 0.29) is 0 Å². The number of tetrazole rings is 1. The van der Waals surface area contributed by atoms with Crippen molar-refractivity contribution >= 4 is 17.4 Å². The Bertz CT molecular complexity index is 1460. The second-order valence-corrected chi connectivity index (χ2v) is 7.85. The van der Waals surface area contributed by atoms with Crippen LogP contribution in [0.2, 0.25) is 0 Å². The highest BCUT2D eigenvalue weighted by atomic mass is 16.5. The lowest BCUT2D eigenvalue weighted by Crippen LogP contribution is -2.09. The Morgan fingerprint density at radius 2 is 1.89 bits per heavy atom. The third-order valence-corrected chi connectivity index (χ3v) is 5.65. The van der Waals surface area contributed by atoms with Gasteiger partial charge < -0.3 is 10.1 Å². The van der Waals surface area contributed by atoms with Crippen molar-refractivity contribution in [3.8, 4) is 22.5 Å². The molecule has 2 aromatic carbocycles. The zero-order chi connectivity index (χ0) is 24.2. The summed E-state index contributed by atoms with van der Waals surface area (Å²) in [5, 5.41) is 22.1. The lowest BCUT2D eigenvalue weighted by molar-refractivity contribution is 0.0528. The molecule has 0 fully saturated rings. The van der Waals surface area contributed by atoms with E-state index < -0.39 is 5.97 Å². The summed E-state index contributed by atoms with van der Waals surface area (Å²) in [5.41, 5.74) is 5.83. The third kappa shape index (κ3) is 4.45. The number of esters is 1. The van der Waals surface area contributed by atoms with E-state index in [1.807, 2.05) is 37.3 Å². The van der Waals surface area contributed by atoms with Gasteiger partial charge in [0.15, 0.2) is 11.5 Å². The number of ether oxygens (including phenoxy) is 1. The van der Waals surface area contributed by atoms with Crippen molar-refractivity contribution in [3.63, 3.8) is 0 Å². The van der Waals surface area contributed by atoms with E-state index >= 15 is 0 Å². The van der Waals surface area contributed by atoms with E-state index in [4.69, 9.17) is 4.74 Å². The molecule has 0 amide bonds. The van der Waals surface area contributed by atoms with Crippen LogP contribution in [0.5, 0.6) is 0 Å². The number of nitrogens with one attached hydrogen (secondary N) is 2. The second kappa shape index (κ2) is 9.72. The minimum absolute atomic E-state index is 0.296. The fourth-order valence-electron chi connectivity index (χ4n) is 3.88. The Labute approximate surface area is 201 Å². The monoisotopic (exact) mass is 468 g/mol. The molecule has 10 nitrogen and oxygen atoms in total. The summed E-state index contributed by atoms with van der Waals surface area (Å²) >= 11 is 0. The highest BCUT2D eigenvalue weighted by Crippen LogP contribution is 2.30. The summed E-state index contributed by atoms with van der Waals surface area (Å²) in [6, 6.07) is 18.2. The number of benzene rings is 2. The van der Waals surface area contributed by atoms with Crippen LogP contribution >= 0.6 is 0 Å². The quantitative estimate of drug-likeness (QED) is 0.329. The minimum atomic E-state index is -0.425. The number of H-pyrrole nitrogens is 1. The predicted octanol–water partition coefficient (Wildman–Crippen LogP) is 3.93. The van der Waals surface area contributed by atoms with E-state index in [0.717, 1.165) is 40.2 Å². The smallest absolute Gasteiger partial charge is 0.343 e. The van der Waals surface area contributed by atoms with Gasteiger partial charge in [0.1, 0.15) is 11.4 Å². The first-order chi connectivity index (χ1) is 17.2. The molecular weight excluding hydrogens is 444 g/mol. The van der Waals surface area contributed by atoms with E-state index in [9.17, 15) is 4.79 Å². The number of nitrogens with zero attached hydrogens (tertiary/aromatic N) is 6. The molecule has 5 aromatic rings. The fourth-order valence-corrected chi connectivity index (χ4v) is 3.88. The summed E-state index contributed by atoms with van der Waals surface area (Å²) < 4.78 is 6.79. The van der Waals surface area contributed by atoms with Gasteiger partial charge in [-0.1, -0.05) is 55.5 Å².